The molecule has 0 bridgehead atoms. The van der Waals surface area contributed by atoms with E-state index in [0.29, 0.717) is 5.92 Å². The summed E-state index contributed by atoms with van der Waals surface area (Å²) in [6, 6.07) is 0.731. The second-order valence-electron chi connectivity index (χ2n) is 4.06. The molecule has 1 atom stereocenters. The van der Waals surface area contributed by atoms with Crippen molar-refractivity contribution in [2.45, 2.75) is 38.1 Å². The Morgan fingerprint density at radius 1 is 1.23 bits per heavy atom. The highest BCUT2D eigenvalue weighted by molar-refractivity contribution is 4.74. The van der Waals surface area contributed by atoms with Crippen molar-refractivity contribution in [3.8, 4) is 0 Å². The van der Waals surface area contributed by atoms with Gasteiger partial charge in [0.05, 0.1) is 0 Å². The van der Waals surface area contributed by atoms with Crippen LogP contribution in [-0.2, 0) is 0 Å². The van der Waals surface area contributed by atoms with Gasteiger partial charge < -0.3 is 16.8 Å². The molecule has 1 aliphatic heterocycles. The number of nitrogens with one attached hydrogen (secondary N) is 1. The molecule has 0 radical (unpaired) electrons. The first-order valence-corrected chi connectivity index (χ1v) is 5.50. The average molecular weight is 185 g/mol. The molecule has 0 spiro atoms. The highest BCUT2D eigenvalue weighted by atomic mass is 14.9. The minimum atomic E-state index is 0.531. The van der Waals surface area contributed by atoms with Crippen LogP contribution in [-0.4, -0.2) is 25.7 Å². The number of hydrogen-bond donors (Lipinski definition) is 3. The first-order valence-electron chi connectivity index (χ1n) is 5.50. The molecule has 0 aliphatic carbocycles. The lowest BCUT2D eigenvalue weighted by atomic mass is 9.95. The Morgan fingerprint density at radius 2 is 2.00 bits per heavy atom. The number of rotatable bonds is 5. The Kier molecular flexibility index (Phi) is 5.35. The van der Waals surface area contributed by atoms with Gasteiger partial charge in [-0.25, -0.2) is 0 Å². The van der Waals surface area contributed by atoms with Gasteiger partial charge in [0, 0.05) is 6.04 Å². The second-order valence-corrected chi connectivity index (χ2v) is 4.06. The predicted octanol–water partition coefficient (Wildman–Crippen LogP) is 0.442. The van der Waals surface area contributed by atoms with Crippen LogP contribution in [0.4, 0.5) is 0 Å². The van der Waals surface area contributed by atoms with Crippen molar-refractivity contribution in [1.29, 1.82) is 0 Å². The minimum absolute atomic E-state index is 0.531. The molecule has 1 fully saturated rings. The minimum Gasteiger partial charge on any atom is -0.330 e. The third kappa shape index (κ3) is 4.07. The van der Waals surface area contributed by atoms with Gasteiger partial charge in [0.1, 0.15) is 0 Å². The largest absolute Gasteiger partial charge is 0.330 e. The summed E-state index contributed by atoms with van der Waals surface area (Å²) in [5.41, 5.74) is 11.2. The van der Waals surface area contributed by atoms with Crippen LogP contribution in [0.25, 0.3) is 0 Å². The van der Waals surface area contributed by atoms with Crippen molar-refractivity contribution >= 4 is 0 Å². The van der Waals surface area contributed by atoms with Crippen LogP contribution < -0.4 is 16.8 Å². The molecule has 1 unspecified atom stereocenters. The molecule has 0 amide bonds. The highest BCUT2D eigenvalue weighted by Crippen LogP contribution is 2.14. The van der Waals surface area contributed by atoms with Crippen molar-refractivity contribution < 1.29 is 0 Å². The Hall–Kier alpha value is -0.120. The molecule has 0 aromatic heterocycles. The predicted molar refractivity (Wildman–Crippen MR) is 56.5 cm³/mol. The van der Waals surface area contributed by atoms with Crippen molar-refractivity contribution in [2.24, 2.45) is 17.4 Å². The fourth-order valence-electron chi connectivity index (χ4n) is 1.94. The van der Waals surface area contributed by atoms with E-state index >= 15 is 0 Å². The van der Waals surface area contributed by atoms with Crippen molar-refractivity contribution in [2.75, 3.05) is 19.6 Å². The maximum absolute atomic E-state index is 5.60. The average Bonchev–Trinajstić information content (AvgIpc) is 2.21. The number of hydrogen-bond acceptors (Lipinski definition) is 3. The lowest BCUT2D eigenvalue weighted by Gasteiger charge is -2.24. The van der Waals surface area contributed by atoms with Gasteiger partial charge in [-0.2, -0.15) is 0 Å². The molecule has 3 nitrogen and oxygen atoms in total. The Labute approximate surface area is 81.2 Å². The van der Waals surface area contributed by atoms with Crippen LogP contribution in [0, 0.1) is 5.92 Å². The number of nitrogens with two attached hydrogens (primary N) is 2. The Bertz CT molecular complexity index is 117. The smallest absolute Gasteiger partial charge is 0.00671 e. The normalized spacial score (nSPS) is 23.8. The Morgan fingerprint density at radius 3 is 2.54 bits per heavy atom. The molecule has 0 saturated carbocycles. The van der Waals surface area contributed by atoms with Crippen molar-refractivity contribution in [3.05, 3.63) is 0 Å². The van der Waals surface area contributed by atoms with Gasteiger partial charge in [-0.1, -0.05) is 6.42 Å². The monoisotopic (exact) mass is 185 g/mol. The fraction of sp³-hybridized carbons (Fsp3) is 1.00. The molecular weight excluding hydrogens is 162 g/mol. The van der Waals surface area contributed by atoms with E-state index in [0.717, 1.165) is 19.1 Å². The van der Waals surface area contributed by atoms with E-state index in [9.17, 15) is 0 Å². The van der Waals surface area contributed by atoms with Gasteiger partial charge in [0.15, 0.2) is 0 Å². The first-order chi connectivity index (χ1) is 6.36. The molecule has 0 aromatic rings. The van der Waals surface area contributed by atoms with Gasteiger partial charge >= 0.3 is 0 Å². The van der Waals surface area contributed by atoms with Crippen LogP contribution >= 0.6 is 0 Å². The van der Waals surface area contributed by atoms with Crippen molar-refractivity contribution in [1.82, 2.24) is 5.32 Å². The third-order valence-electron chi connectivity index (χ3n) is 3.00. The van der Waals surface area contributed by atoms with Gasteiger partial charge in [-0.3, -0.25) is 0 Å². The quantitative estimate of drug-likeness (QED) is 0.582. The summed E-state index contributed by atoms with van der Waals surface area (Å²) in [5.74, 6) is 0.531. The maximum Gasteiger partial charge on any atom is 0.00671 e. The van der Waals surface area contributed by atoms with E-state index in [2.05, 4.69) is 5.32 Å². The zero-order valence-corrected chi connectivity index (χ0v) is 8.47. The van der Waals surface area contributed by atoms with Crippen LogP contribution in [0.1, 0.15) is 32.1 Å². The summed E-state index contributed by atoms with van der Waals surface area (Å²) in [7, 11) is 0. The summed E-state index contributed by atoms with van der Waals surface area (Å²) in [6.07, 6.45) is 6.49. The van der Waals surface area contributed by atoms with E-state index in [-0.39, 0.29) is 0 Å². The van der Waals surface area contributed by atoms with Crippen molar-refractivity contribution in [3.63, 3.8) is 0 Å². The Balaban J connectivity index is 2.09. The molecule has 1 aliphatic rings. The van der Waals surface area contributed by atoms with Crippen LogP contribution in [0.5, 0.6) is 0 Å². The summed E-state index contributed by atoms with van der Waals surface area (Å²) < 4.78 is 0. The summed E-state index contributed by atoms with van der Waals surface area (Å²) in [6.45, 7) is 2.67. The zero-order valence-electron chi connectivity index (χ0n) is 8.47. The SMILES string of the molecule is NCC(CN)CCC1CCCCN1. The second kappa shape index (κ2) is 6.35. The lowest BCUT2D eigenvalue weighted by Crippen LogP contribution is -2.35. The van der Waals surface area contributed by atoms with E-state index < -0.39 is 0 Å². The highest BCUT2D eigenvalue weighted by Gasteiger charge is 2.13. The fourth-order valence-corrected chi connectivity index (χ4v) is 1.94. The molecule has 5 N–H and O–H groups in total. The molecule has 13 heavy (non-hydrogen) atoms. The van der Waals surface area contributed by atoms with Gasteiger partial charge in [-0.05, 0) is 51.2 Å². The topological polar surface area (TPSA) is 64.1 Å². The van der Waals surface area contributed by atoms with E-state index in [4.69, 9.17) is 11.5 Å². The molecule has 1 heterocycles. The summed E-state index contributed by atoms with van der Waals surface area (Å²) >= 11 is 0. The molecular formula is C10H23N3. The molecule has 78 valence electrons. The van der Waals surface area contributed by atoms with E-state index in [1.54, 1.807) is 0 Å². The maximum atomic E-state index is 5.60. The molecule has 0 aromatic carbocycles. The van der Waals surface area contributed by atoms with Crippen LogP contribution in [0.3, 0.4) is 0 Å². The van der Waals surface area contributed by atoms with Gasteiger partial charge in [-0.15, -0.1) is 0 Å². The van der Waals surface area contributed by atoms with Crippen LogP contribution in [0.15, 0.2) is 0 Å². The van der Waals surface area contributed by atoms with Gasteiger partial charge in [0.25, 0.3) is 0 Å². The van der Waals surface area contributed by atoms with E-state index in [1.165, 1.54) is 38.6 Å². The summed E-state index contributed by atoms with van der Waals surface area (Å²) in [5, 5.41) is 3.54. The summed E-state index contributed by atoms with van der Waals surface area (Å²) in [4.78, 5) is 0. The molecule has 1 saturated heterocycles. The standard InChI is InChI=1S/C10H23N3/c11-7-9(8-12)4-5-10-3-1-2-6-13-10/h9-10,13H,1-8,11-12H2. The molecule has 3 heteroatoms. The zero-order chi connectivity index (χ0) is 9.52. The van der Waals surface area contributed by atoms with E-state index in [1.807, 2.05) is 0 Å². The van der Waals surface area contributed by atoms with Gasteiger partial charge in [0.2, 0.25) is 0 Å². The number of piperidine rings is 1. The third-order valence-corrected chi connectivity index (χ3v) is 3.00. The van der Waals surface area contributed by atoms with Crippen LogP contribution in [0.2, 0.25) is 0 Å². The molecule has 1 rings (SSSR count). The first kappa shape index (κ1) is 11.0. The lowest BCUT2D eigenvalue weighted by molar-refractivity contribution is 0.349.